The molecule has 1 unspecified atom stereocenters. The van der Waals surface area contributed by atoms with E-state index < -0.39 is 9.84 Å². The van der Waals surface area contributed by atoms with Crippen LogP contribution in [0.3, 0.4) is 0 Å². The SMILES string of the molecule is O=S(=O)(CC(CN1CCCC1)N1CCCC1)c1ccccc1. The molecule has 22 heavy (non-hydrogen) atoms. The van der Waals surface area contributed by atoms with Crippen molar-refractivity contribution in [2.75, 3.05) is 38.5 Å². The maximum atomic E-state index is 12.7. The lowest BCUT2D eigenvalue weighted by molar-refractivity contribution is 0.193. The van der Waals surface area contributed by atoms with Crippen molar-refractivity contribution in [3.63, 3.8) is 0 Å². The Hall–Kier alpha value is -0.910. The molecule has 0 amide bonds. The lowest BCUT2D eigenvalue weighted by Crippen LogP contribution is -2.46. The fraction of sp³-hybridized carbons (Fsp3) is 0.647. The molecule has 2 fully saturated rings. The van der Waals surface area contributed by atoms with Crippen LogP contribution in [0.4, 0.5) is 0 Å². The lowest BCUT2D eigenvalue weighted by Gasteiger charge is -2.31. The fourth-order valence-corrected chi connectivity index (χ4v) is 5.21. The van der Waals surface area contributed by atoms with Gasteiger partial charge in [0.05, 0.1) is 10.6 Å². The minimum atomic E-state index is -3.21. The van der Waals surface area contributed by atoms with E-state index in [1.54, 1.807) is 24.3 Å². The summed E-state index contributed by atoms with van der Waals surface area (Å²) in [6, 6.07) is 9.03. The van der Waals surface area contributed by atoms with Gasteiger partial charge in [-0.25, -0.2) is 8.42 Å². The zero-order valence-electron chi connectivity index (χ0n) is 13.2. The van der Waals surface area contributed by atoms with Gasteiger partial charge >= 0.3 is 0 Å². The highest BCUT2D eigenvalue weighted by Gasteiger charge is 2.30. The van der Waals surface area contributed by atoms with E-state index in [1.807, 2.05) is 6.07 Å². The van der Waals surface area contributed by atoms with Crippen molar-refractivity contribution >= 4 is 9.84 Å². The van der Waals surface area contributed by atoms with Gasteiger partial charge in [-0.05, 0) is 64.0 Å². The maximum absolute atomic E-state index is 12.7. The van der Waals surface area contributed by atoms with E-state index in [2.05, 4.69) is 9.80 Å². The van der Waals surface area contributed by atoms with Gasteiger partial charge in [-0.15, -0.1) is 0 Å². The third kappa shape index (κ3) is 3.89. The summed E-state index contributed by atoms with van der Waals surface area (Å²) in [5, 5.41) is 0. The van der Waals surface area contributed by atoms with E-state index >= 15 is 0 Å². The Kier molecular flexibility index (Phi) is 5.16. The number of sulfone groups is 1. The normalized spacial score (nSPS) is 22.2. The molecule has 2 aliphatic rings. The molecule has 1 atom stereocenters. The van der Waals surface area contributed by atoms with Crippen molar-refractivity contribution in [2.24, 2.45) is 0 Å². The van der Waals surface area contributed by atoms with E-state index in [0.29, 0.717) is 4.90 Å². The van der Waals surface area contributed by atoms with Gasteiger partial charge in [-0.3, -0.25) is 4.90 Å². The molecule has 2 saturated heterocycles. The summed E-state index contributed by atoms with van der Waals surface area (Å²) in [5.41, 5.74) is 0. The van der Waals surface area contributed by atoms with Crippen LogP contribution < -0.4 is 0 Å². The molecule has 1 aromatic rings. The van der Waals surface area contributed by atoms with Crippen LogP contribution in [0.25, 0.3) is 0 Å². The summed E-state index contributed by atoms with van der Waals surface area (Å²) < 4.78 is 25.5. The molecular formula is C17H26N2O2S. The van der Waals surface area contributed by atoms with Gasteiger partial charge in [0.2, 0.25) is 0 Å². The van der Waals surface area contributed by atoms with E-state index in [1.165, 1.54) is 25.7 Å². The smallest absolute Gasteiger partial charge is 0.179 e. The Morgan fingerprint density at radius 1 is 0.909 bits per heavy atom. The van der Waals surface area contributed by atoms with Crippen molar-refractivity contribution in [1.29, 1.82) is 0 Å². The first-order valence-electron chi connectivity index (χ1n) is 8.39. The highest BCUT2D eigenvalue weighted by Crippen LogP contribution is 2.20. The molecule has 5 heteroatoms. The molecule has 0 radical (unpaired) electrons. The highest BCUT2D eigenvalue weighted by atomic mass is 32.2. The van der Waals surface area contributed by atoms with Crippen LogP contribution in [0.1, 0.15) is 25.7 Å². The first kappa shape index (κ1) is 16.0. The molecular weight excluding hydrogens is 296 g/mol. The van der Waals surface area contributed by atoms with Gasteiger partial charge < -0.3 is 4.90 Å². The van der Waals surface area contributed by atoms with Gasteiger partial charge in [0.25, 0.3) is 0 Å². The minimum Gasteiger partial charge on any atom is -0.302 e. The minimum absolute atomic E-state index is 0.130. The summed E-state index contributed by atoms with van der Waals surface area (Å²) in [5.74, 6) is 0.244. The largest absolute Gasteiger partial charge is 0.302 e. The van der Waals surface area contributed by atoms with E-state index in [4.69, 9.17) is 0 Å². The summed E-state index contributed by atoms with van der Waals surface area (Å²) in [7, 11) is -3.21. The molecule has 0 aromatic heterocycles. The number of rotatable bonds is 6. The van der Waals surface area contributed by atoms with Crippen LogP contribution in [-0.2, 0) is 9.84 Å². The second kappa shape index (κ2) is 7.11. The summed E-state index contributed by atoms with van der Waals surface area (Å²) >= 11 is 0. The topological polar surface area (TPSA) is 40.6 Å². The van der Waals surface area contributed by atoms with Gasteiger partial charge in [-0.2, -0.15) is 0 Å². The van der Waals surface area contributed by atoms with Crippen molar-refractivity contribution in [3.8, 4) is 0 Å². The molecule has 0 N–H and O–H groups in total. The van der Waals surface area contributed by atoms with E-state index in [9.17, 15) is 8.42 Å². The summed E-state index contributed by atoms with van der Waals surface area (Å²) in [6.45, 7) is 5.23. The lowest BCUT2D eigenvalue weighted by atomic mass is 10.2. The second-order valence-electron chi connectivity index (χ2n) is 6.50. The van der Waals surface area contributed by atoms with Gasteiger partial charge in [-0.1, -0.05) is 18.2 Å². The number of nitrogens with zero attached hydrogens (tertiary/aromatic N) is 2. The van der Waals surface area contributed by atoms with Crippen molar-refractivity contribution in [3.05, 3.63) is 30.3 Å². The summed E-state index contributed by atoms with van der Waals surface area (Å²) in [6.07, 6.45) is 4.89. The first-order valence-corrected chi connectivity index (χ1v) is 10.0. The van der Waals surface area contributed by atoms with Crippen LogP contribution in [0, 0.1) is 0 Å². The van der Waals surface area contributed by atoms with E-state index in [-0.39, 0.29) is 11.8 Å². The Balaban J connectivity index is 1.73. The molecule has 0 bridgehead atoms. The quantitative estimate of drug-likeness (QED) is 0.803. The van der Waals surface area contributed by atoms with Crippen LogP contribution in [-0.4, -0.2) is 62.7 Å². The van der Waals surface area contributed by atoms with E-state index in [0.717, 1.165) is 32.7 Å². The Bertz CT molecular complexity index is 562. The molecule has 1 aromatic carbocycles. The predicted molar refractivity (Wildman–Crippen MR) is 88.8 cm³/mol. The van der Waals surface area contributed by atoms with Crippen molar-refractivity contribution in [2.45, 2.75) is 36.6 Å². The third-order valence-electron chi connectivity index (χ3n) is 4.84. The van der Waals surface area contributed by atoms with Gasteiger partial charge in [0.15, 0.2) is 9.84 Å². The average molecular weight is 322 g/mol. The predicted octanol–water partition coefficient (Wildman–Crippen LogP) is 2.02. The molecule has 2 heterocycles. The Morgan fingerprint density at radius 2 is 1.50 bits per heavy atom. The zero-order valence-corrected chi connectivity index (χ0v) is 14.0. The van der Waals surface area contributed by atoms with Crippen LogP contribution in [0.2, 0.25) is 0 Å². The molecule has 0 spiro atoms. The number of likely N-dealkylation sites (tertiary alicyclic amines) is 2. The molecule has 0 saturated carbocycles. The number of benzene rings is 1. The summed E-state index contributed by atoms with van der Waals surface area (Å²) in [4.78, 5) is 5.28. The Morgan fingerprint density at radius 3 is 2.14 bits per heavy atom. The Labute approximate surface area is 134 Å². The average Bonchev–Trinajstić information content (AvgIpc) is 3.21. The highest BCUT2D eigenvalue weighted by molar-refractivity contribution is 7.91. The van der Waals surface area contributed by atoms with Gasteiger partial charge in [0.1, 0.15) is 0 Å². The number of hydrogen-bond acceptors (Lipinski definition) is 4. The van der Waals surface area contributed by atoms with Crippen molar-refractivity contribution in [1.82, 2.24) is 9.80 Å². The number of hydrogen-bond donors (Lipinski definition) is 0. The second-order valence-corrected chi connectivity index (χ2v) is 8.53. The van der Waals surface area contributed by atoms with Crippen molar-refractivity contribution < 1.29 is 8.42 Å². The molecule has 4 nitrogen and oxygen atoms in total. The third-order valence-corrected chi connectivity index (χ3v) is 6.65. The molecule has 122 valence electrons. The standard InChI is InChI=1S/C17H26N2O2S/c20-22(21,17-8-2-1-3-9-17)15-16(19-12-6-7-13-19)14-18-10-4-5-11-18/h1-3,8-9,16H,4-7,10-15H2. The molecule has 3 rings (SSSR count). The molecule has 0 aliphatic carbocycles. The zero-order chi connectivity index (χ0) is 15.4. The van der Waals surface area contributed by atoms with Crippen LogP contribution >= 0.6 is 0 Å². The maximum Gasteiger partial charge on any atom is 0.179 e. The molecule has 2 aliphatic heterocycles. The van der Waals surface area contributed by atoms with Crippen LogP contribution in [0.5, 0.6) is 0 Å². The van der Waals surface area contributed by atoms with Gasteiger partial charge in [0, 0.05) is 12.6 Å². The fourth-order valence-electron chi connectivity index (χ4n) is 3.62. The van der Waals surface area contributed by atoms with Crippen LogP contribution in [0.15, 0.2) is 35.2 Å². The monoisotopic (exact) mass is 322 g/mol. The first-order chi connectivity index (χ1) is 10.6.